The van der Waals surface area contributed by atoms with Crippen LogP contribution in [-0.4, -0.2) is 9.85 Å². The van der Waals surface area contributed by atoms with Crippen LogP contribution in [0.4, 0.5) is 17.1 Å². The third kappa shape index (κ3) is 7.03. The van der Waals surface area contributed by atoms with Gasteiger partial charge in [0.15, 0.2) is 0 Å². The lowest BCUT2D eigenvalue weighted by atomic mass is 10.2. The van der Waals surface area contributed by atoms with E-state index in [-0.39, 0.29) is 11.4 Å². The van der Waals surface area contributed by atoms with Crippen molar-refractivity contribution in [2.24, 2.45) is 5.84 Å². The summed E-state index contributed by atoms with van der Waals surface area (Å²) in [6.07, 6.45) is 0. The van der Waals surface area contributed by atoms with Crippen LogP contribution in [0, 0.1) is 20.2 Å². The van der Waals surface area contributed by atoms with Crippen LogP contribution in [0.2, 0.25) is 0 Å². The third-order valence-electron chi connectivity index (χ3n) is 1.54. The number of hydrogen-bond acceptors (Lipinski definition) is 10. The monoisotopic (exact) mass is 293 g/mol. The fourth-order valence-corrected chi connectivity index (χ4v) is 0.907. The molecule has 0 bridgehead atoms. The molecule has 0 aliphatic carbocycles. The van der Waals surface area contributed by atoms with Crippen molar-refractivity contribution < 1.29 is 29.1 Å². The molecule has 0 amide bonds. The molecule has 0 spiro atoms. The van der Waals surface area contributed by atoms with E-state index in [0.29, 0.717) is 0 Å². The Morgan fingerprint density at radius 3 is 1.89 bits per heavy atom. The summed E-state index contributed by atoms with van der Waals surface area (Å²) in [5, 5.41) is 20.7. The van der Waals surface area contributed by atoms with Gasteiger partial charge in [0.1, 0.15) is 5.69 Å². The van der Waals surface area contributed by atoms with Gasteiger partial charge in [0.2, 0.25) is 0 Å². The van der Waals surface area contributed by atoms with E-state index < -0.39 is 23.4 Å². The van der Waals surface area contributed by atoms with Crippen molar-refractivity contribution >= 4 is 24.9 Å². The number of nitrogen functional groups attached to an aromatic ring is 1. The summed E-state index contributed by atoms with van der Waals surface area (Å²) in [5.41, 5.74) is 1.33. The molecule has 0 radical (unpaired) electrons. The first kappa shape index (κ1) is 16.9. The van der Waals surface area contributed by atoms with E-state index in [4.69, 9.17) is 25.1 Å². The fourth-order valence-electron chi connectivity index (χ4n) is 0.907. The van der Waals surface area contributed by atoms with E-state index in [1.54, 1.807) is 0 Å². The van der Waals surface area contributed by atoms with Crippen molar-refractivity contribution in [2.45, 2.75) is 0 Å². The summed E-state index contributed by atoms with van der Waals surface area (Å²) in [5.74, 6) is 4.99. The molecule has 0 aliphatic heterocycles. The lowest BCUT2D eigenvalue weighted by Gasteiger charge is -2.36. The number of phosphoric acid groups is 1. The molecule has 0 saturated heterocycles. The average Bonchev–Trinajstić information content (AvgIpc) is 2.25. The van der Waals surface area contributed by atoms with E-state index in [1.165, 1.54) is 6.07 Å². The Hall–Kier alpha value is -2.11. The Morgan fingerprint density at radius 2 is 1.58 bits per heavy atom. The number of nitro benzene ring substituents is 2. The SMILES string of the molecule is NNc1ccc([N+](=O)[O-])cc1[N+](=O)[O-].O=P([O-])([O-])[O-]. The second-order valence-corrected chi connectivity index (χ2v) is 3.70. The van der Waals surface area contributed by atoms with Gasteiger partial charge >= 0.3 is 5.69 Å². The first-order chi connectivity index (χ1) is 8.56. The number of benzene rings is 1. The van der Waals surface area contributed by atoms with Gasteiger partial charge in [-0.3, -0.25) is 26.1 Å². The quantitative estimate of drug-likeness (QED) is 0.269. The molecule has 0 heterocycles. The van der Waals surface area contributed by atoms with Gasteiger partial charge in [-0.15, -0.1) is 0 Å². The molecule has 1 rings (SSSR count). The predicted octanol–water partition coefficient (Wildman–Crippen LogP) is -2.04. The molecule has 1 aromatic rings. The van der Waals surface area contributed by atoms with Crippen molar-refractivity contribution in [1.29, 1.82) is 0 Å². The van der Waals surface area contributed by atoms with Gasteiger partial charge in [-0.2, -0.15) is 7.82 Å². The zero-order chi connectivity index (χ0) is 15.2. The number of hydrogen-bond donors (Lipinski definition) is 2. The Labute approximate surface area is 105 Å². The van der Waals surface area contributed by atoms with Gasteiger partial charge < -0.3 is 24.7 Å². The summed E-state index contributed by atoms with van der Waals surface area (Å²) < 4.78 is 8.55. The molecular formula is C6H6N4O8P-3. The van der Waals surface area contributed by atoms with Crippen molar-refractivity contribution in [3.05, 3.63) is 38.4 Å². The maximum atomic E-state index is 10.4. The lowest BCUT2D eigenvalue weighted by Crippen LogP contribution is -2.24. The number of nitro groups is 2. The number of hydrazine groups is 1. The third-order valence-corrected chi connectivity index (χ3v) is 1.54. The van der Waals surface area contributed by atoms with E-state index in [1.807, 2.05) is 0 Å². The maximum Gasteiger partial charge on any atom is 0.300 e. The largest absolute Gasteiger partial charge is 0.822 e. The summed E-state index contributed by atoms with van der Waals surface area (Å²) >= 11 is 0. The predicted molar refractivity (Wildman–Crippen MR) is 55.2 cm³/mol. The highest BCUT2D eigenvalue weighted by molar-refractivity contribution is 7.40. The number of rotatable bonds is 3. The Balaban J connectivity index is 0.000000555. The minimum Gasteiger partial charge on any atom is -0.822 e. The molecule has 19 heavy (non-hydrogen) atoms. The Kier molecular flexibility index (Phi) is 5.98. The normalized spacial score (nSPS) is 10.1. The van der Waals surface area contributed by atoms with Crippen LogP contribution in [0.25, 0.3) is 0 Å². The summed E-state index contributed by atoms with van der Waals surface area (Å²) in [6, 6.07) is 3.15. The fraction of sp³-hybridized carbons (Fsp3) is 0. The molecule has 0 fully saturated rings. The van der Waals surface area contributed by atoms with Crippen molar-refractivity contribution in [1.82, 2.24) is 0 Å². The molecule has 0 atom stereocenters. The van der Waals surface area contributed by atoms with Crippen molar-refractivity contribution in [3.8, 4) is 0 Å². The highest BCUT2D eigenvalue weighted by Crippen LogP contribution is 2.27. The second kappa shape index (κ2) is 6.72. The van der Waals surface area contributed by atoms with E-state index >= 15 is 0 Å². The van der Waals surface area contributed by atoms with E-state index in [9.17, 15) is 20.2 Å². The number of nitrogens with one attached hydrogen (secondary N) is 1. The first-order valence-electron chi connectivity index (χ1n) is 4.18. The van der Waals surface area contributed by atoms with Gasteiger partial charge in [0.05, 0.1) is 15.9 Å². The Bertz CT molecular complexity index is 520. The molecule has 1 aromatic carbocycles. The van der Waals surface area contributed by atoms with Gasteiger partial charge in [-0.05, 0) is 6.07 Å². The molecule has 3 N–H and O–H groups in total. The molecule has 0 saturated carbocycles. The number of nitrogens with two attached hydrogens (primary N) is 1. The minimum absolute atomic E-state index is 0.0283. The van der Waals surface area contributed by atoms with Gasteiger partial charge in [-0.1, -0.05) is 0 Å². The van der Waals surface area contributed by atoms with Crippen molar-refractivity contribution in [2.75, 3.05) is 5.43 Å². The van der Waals surface area contributed by atoms with Crippen LogP contribution in [0.3, 0.4) is 0 Å². The van der Waals surface area contributed by atoms with Gasteiger partial charge in [0.25, 0.3) is 5.69 Å². The van der Waals surface area contributed by atoms with Crippen LogP contribution in [0.5, 0.6) is 0 Å². The van der Waals surface area contributed by atoms with Crippen LogP contribution in [0.1, 0.15) is 0 Å². The van der Waals surface area contributed by atoms with Crippen LogP contribution >= 0.6 is 7.82 Å². The van der Waals surface area contributed by atoms with E-state index in [2.05, 4.69) is 5.43 Å². The summed E-state index contributed by atoms with van der Waals surface area (Å²) in [7, 11) is -5.39. The minimum atomic E-state index is -5.39. The topological polar surface area (TPSA) is 211 Å². The molecule has 0 aliphatic rings. The molecule has 12 nitrogen and oxygen atoms in total. The number of non-ortho nitro benzene ring substituents is 1. The summed E-state index contributed by atoms with van der Waals surface area (Å²) in [4.78, 5) is 44.9. The molecule has 0 aromatic heterocycles. The maximum absolute atomic E-state index is 10.4. The lowest BCUT2D eigenvalue weighted by molar-refractivity contribution is -0.432. The van der Waals surface area contributed by atoms with Crippen LogP contribution in [0.15, 0.2) is 18.2 Å². The smallest absolute Gasteiger partial charge is 0.300 e. The second-order valence-electron chi connectivity index (χ2n) is 2.81. The van der Waals surface area contributed by atoms with Gasteiger partial charge in [0, 0.05) is 6.07 Å². The summed E-state index contributed by atoms with van der Waals surface area (Å²) in [6.45, 7) is 0. The standard InChI is InChI=1S/C6H6N4O4.H3O4P/c7-8-5-2-1-4(9(11)12)3-6(5)10(13)14;1-5(2,3)4/h1-3,8H,7H2;(H3,1,2,3,4)/p-3. The van der Waals surface area contributed by atoms with Gasteiger partial charge in [-0.25, -0.2) is 0 Å². The zero-order valence-electron chi connectivity index (χ0n) is 8.92. The zero-order valence-corrected chi connectivity index (χ0v) is 9.81. The molecule has 0 unspecified atom stereocenters. The van der Waals surface area contributed by atoms with E-state index in [0.717, 1.165) is 12.1 Å². The highest BCUT2D eigenvalue weighted by atomic mass is 31.2. The highest BCUT2D eigenvalue weighted by Gasteiger charge is 2.18. The Morgan fingerprint density at radius 1 is 1.11 bits per heavy atom. The number of anilines is 1. The number of nitrogens with zero attached hydrogens (tertiary/aromatic N) is 2. The molecular weight excluding hydrogens is 287 g/mol. The van der Waals surface area contributed by atoms with Crippen LogP contribution < -0.4 is 25.9 Å². The average molecular weight is 293 g/mol. The molecule has 106 valence electrons. The van der Waals surface area contributed by atoms with Crippen molar-refractivity contribution in [3.63, 3.8) is 0 Å². The van der Waals surface area contributed by atoms with Crippen LogP contribution in [-0.2, 0) is 4.57 Å². The first-order valence-corrected chi connectivity index (χ1v) is 5.65. The molecule has 13 heteroatoms.